The van der Waals surface area contributed by atoms with Crippen LogP contribution in [0.25, 0.3) is 6.08 Å². The highest BCUT2D eigenvalue weighted by molar-refractivity contribution is 5.94. The van der Waals surface area contributed by atoms with E-state index in [1.807, 2.05) is 31.2 Å². The first-order chi connectivity index (χ1) is 8.00. The molecule has 1 amide bonds. The topological polar surface area (TPSA) is 66.4 Å². The number of carbonyl (C=O) groups is 2. The average molecular weight is 233 g/mol. The first-order valence-corrected chi connectivity index (χ1v) is 5.27. The van der Waals surface area contributed by atoms with Gasteiger partial charge in [0.1, 0.15) is 6.04 Å². The van der Waals surface area contributed by atoms with E-state index in [1.165, 1.54) is 13.0 Å². The van der Waals surface area contributed by atoms with Crippen molar-refractivity contribution in [3.63, 3.8) is 0 Å². The lowest BCUT2D eigenvalue weighted by Gasteiger charge is -2.06. The molecule has 0 heterocycles. The van der Waals surface area contributed by atoms with Gasteiger partial charge in [-0.05, 0) is 31.1 Å². The van der Waals surface area contributed by atoms with Gasteiger partial charge in [-0.15, -0.1) is 0 Å². The van der Waals surface area contributed by atoms with Crippen molar-refractivity contribution in [3.8, 4) is 0 Å². The summed E-state index contributed by atoms with van der Waals surface area (Å²) in [5, 5.41) is 11.0. The molecule has 0 radical (unpaired) electrons. The van der Waals surface area contributed by atoms with E-state index in [2.05, 4.69) is 5.32 Å². The molecule has 0 aliphatic rings. The highest BCUT2D eigenvalue weighted by Crippen LogP contribution is 2.08. The molecule has 0 saturated carbocycles. The van der Waals surface area contributed by atoms with Gasteiger partial charge in [0.2, 0.25) is 5.91 Å². The summed E-state index contributed by atoms with van der Waals surface area (Å²) < 4.78 is 0. The lowest BCUT2D eigenvalue weighted by molar-refractivity contribution is -0.140. The summed E-state index contributed by atoms with van der Waals surface area (Å²) in [4.78, 5) is 21.9. The van der Waals surface area contributed by atoms with E-state index < -0.39 is 17.9 Å². The van der Waals surface area contributed by atoms with Crippen molar-refractivity contribution in [2.24, 2.45) is 0 Å². The molecule has 4 heteroatoms. The smallest absolute Gasteiger partial charge is 0.325 e. The summed E-state index contributed by atoms with van der Waals surface area (Å²) in [5.41, 5.74) is 1.99. The first kappa shape index (κ1) is 13.0. The largest absolute Gasteiger partial charge is 0.480 e. The second-order valence-electron chi connectivity index (χ2n) is 3.76. The van der Waals surface area contributed by atoms with E-state index in [4.69, 9.17) is 5.11 Å². The predicted octanol–water partition coefficient (Wildman–Crippen LogP) is 1.60. The number of benzene rings is 1. The molecule has 0 unspecified atom stereocenters. The normalized spacial score (nSPS) is 12.4. The van der Waals surface area contributed by atoms with Crippen LogP contribution in [0.15, 0.2) is 30.3 Å². The van der Waals surface area contributed by atoms with Crippen LogP contribution >= 0.6 is 0 Å². The summed E-state index contributed by atoms with van der Waals surface area (Å²) in [7, 11) is 0. The molecule has 1 aromatic carbocycles. The molecule has 2 N–H and O–H groups in total. The third-order valence-corrected chi connectivity index (χ3v) is 2.33. The van der Waals surface area contributed by atoms with E-state index in [0.717, 1.165) is 11.1 Å². The fourth-order valence-electron chi connectivity index (χ4n) is 1.26. The van der Waals surface area contributed by atoms with Crippen LogP contribution in [0.5, 0.6) is 0 Å². The van der Waals surface area contributed by atoms with Gasteiger partial charge < -0.3 is 10.4 Å². The number of nitrogens with one attached hydrogen (secondary N) is 1. The minimum Gasteiger partial charge on any atom is -0.480 e. The summed E-state index contributed by atoms with van der Waals surface area (Å²) in [6.07, 6.45) is 3.00. The number of hydrogen-bond donors (Lipinski definition) is 2. The molecule has 0 fully saturated rings. The van der Waals surface area contributed by atoms with Gasteiger partial charge in [0.25, 0.3) is 0 Å². The van der Waals surface area contributed by atoms with E-state index in [9.17, 15) is 9.59 Å². The Morgan fingerprint density at radius 2 is 2.00 bits per heavy atom. The average Bonchev–Trinajstić information content (AvgIpc) is 2.27. The quantitative estimate of drug-likeness (QED) is 0.776. The second kappa shape index (κ2) is 5.84. The van der Waals surface area contributed by atoms with Crippen LogP contribution in [-0.4, -0.2) is 23.0 Å². The van der Waals surface area contributed by atoms with Gasteiger partial charge in [-0.25, -0.2) is 0 Å². The van der Waals surface area contributed by atoms with Crippen molar-refractivity contribution < 1.29 is 14.7 Å². The maximum Gasteiger partial charge on any atom is 0.325 e. The third-order valence-electron chi connectivity index (χ3n) is 2.33. The number of hydrogen-bond acceptors (Lipinski definition) is 2. The zero-order chi connectivity index (χ0) is 12.8. The molecule has 1 aromatic rings. The van der Waals surface area contributed by atoms with Crippen LogP contribution < -0.4 is 5.32 Å². The predicted molar refractivity (Wildman–Crippen MR) is 65.5 cm³/mol. The van der Waals surface area contributed by atoms with Crippen molar-refractivity contribution in [3.05, 3.63) is 41.5 Å². The van der Waals surface area contributed by atoms with E-state index in [-0.39, 0.29) is 0 Å². The molecule has 0 saturated heterocycles. The van der Waals surface area contributed by atoms with Crippen LogP contribution in [0.3, 0.4) is 0 Å². The number of amides is 1. The summed E-state index contributed by atoms with van der Waals surface area (Å²) in [6, 6.07) is 6.74. The van der Waals surface area contributed by atoms with Gasteiger partial charge in [-0.2, -0.15) is 0 Å². The standard InChI is InChI=1S/C13H15NO3/c1-9-5-3-4-6-11(9)7-8-12(15)14-10(2)13(16)17/h3-8,10H,1-2H3,(H,14,15)(H,16,17)/b8-7+/t10-/m0/s1. The number of aliphatic carboxylic acids is 1. The zero-order valence-corrected chi connectivity index (χ0v) is 9.81. The molecule has 0 aromatic heterocycles. The summed E-state index contributed by atoms with van der Waals surface area (Å²) >= 11 is 0. The van der Waals surface area contributed by atoms with Gasteiger partial charge in [0.15, 0.2) is 0 Å². The molecule has 17 heavy (non-hydrogen) atoms. The molecule has 0 aliphatic heterocycles. The highest BCUT2D eigenvalue weighted by Gasteiger charge is 2.11. The first-order valence-electron chi connectivity index (χ1n) is 5.27. The van der Waals surface area contributed by atoms with Crippen molar-refractivity contribution >= 4 is 18.0 Å². The van der Waals surface area contributed by atoms with E-state index >= 15 is 0 Å². The molecule has 1 atom stereocenters. The van der Waals surface area contributed by atoms with Gasteiger partial charge in [-0.3, -0.25) is 9.59 Å². The van der Waals surface area contributed by atoms with E-state index in [1.54, 1.807) is 6.08 Å². The molecule has 1 rings (SSSR count). The van der Waals surface area contributed by atoms with E-state index in [0.29, 0.717) is 0 Å². The molecule has 0 aliphatic carbocycles. The monoisotopic (exact) mass is 233 g/mol. The second-order valence-corrected chi connectivity index (χ2v) is 3.76. The van der Waals surface area contributed by atoms with Gasteiger partial charge in [-0.1, -0.05) is 24.3 Å². The minimum atomic E-state index is -1.05. The molecule has 0 spiro atoms. The Bertz CT molecular complexity index is 452. The number of rotatable bonds is 4. The van der Waals surface area contributed by atoms with Crippen molar-refractivity contribution in [1.82, 2.24) is 5.32 Å². The van der Waals surface area contributed by atoms with Crippen LogP contribution in [0.4, 0.5) is 0 Å². The maximum atomic E-state index is 11.4. The lowest BCUT2D eigenvalue weighted by atomic mass is 10.1. The Morgan fingerprint density at radius 1 is 1.35 bits per heavy atom. The zero-order valence-electron chi connectivity index (χ0n) is 9.81. The minimum absolute atomic E-state index is 0.414. The highest BCUT2D eigenvalue weighted by atomic mass is 16.4. The SMILES string of the molecule is Cc1ccccc1/C=C/C(=O)N[C@@H](C)C(=O)O. The number of carboxylic acid groups (broad SMARTS) is 1. The van der Waals surface area contributed by atoms with Gasteiger partial charge in [0.05, 0.1) is 0 Å². The fraction of sp³-hybridized carbons (Fsp3) is 0.231. The Labute approximate surface area is 100.0 Å². The van der Waals surface area contributed by atoms with Crippen LogP contribution in [-0.2, 0) is 9.59 Å². The third kappa shape index (κ3) is 4.10. The fourth-order valence-corrected chi connectivity index (χ4v) is 1.26. The van der Waals surface area contributed by atoms with Gasteiger partial charge in [0, 0.05) is 6.08 Å². The van der Waals surface area contributed by atoms with Crippen molar-refractivity contribution in [2.45, 2.75) is 19.9 Å². The lowest BCUT2D eigenvalue weighted by Crippen LogP contribution is -2.37. The summed E-state index contributed by atoms with van der Waals surface area (Å²) in [6.45, 7) is 3.36. The number of carbonyl (C=O) groups excluding carboxylic acids is 1. The molecular weight excluding hydrogens is 218 g/mol. The summed E-state index contributed by atoms with van der Waals surface area (Å²) in [5.74, 6) is -1.47. The van der Waals surface area contributed by atoms with Gasteiger partial charge >= 0.3 is 5.97 Å². The van der Waals surface area contributed by atoms with Crippen molar-refractivity contribution in [1.29, 1.82) is 0 Å². The van der Waals surface area contributed by atoms with Crippen LogP contribution in [0.1, 0.15) is 18.1 Å². The Balaban J connectivity index is 2.63. The molecular formula is C13H15NO3. The number of aryl methyl sites for hydroxylation is 1. The molecule has 90 valence electrons. The maximum absolute atomic E-state index is 11.4. The molecule has 0 bridgehead atoms. The van der Waals surface area contributed by atoms with Crippen molar-refractivity contribution in [2.75, 3.05) is 0 Å². The Morgan fingerprint density at radius 3 is 2.59 bits per heavy atom. The Kier molecular flexibility index (Phi) is 4.46. The number of carboxylic acids is 1. The molecule has 4 nitrogen and oxygen atoms in total. The van der Waals surface area contributed by atoms with Crippen LogP contribution in [0, 0.1) is 6.92 Å². The van der Waals surface area contributed by atoms with Crippen LogP contribution in [0.2, 0.25) is 0 Å². The Hall–Kier alpha value is -2.10.